The van der Waals surface area contributed by atoms with Crippen molar-refractivity contribution in [1.82, 2.24) is 0 Å². The van der Waals surface area contributed by atoms with Gasteiger partial charge in [0.2, 0.25) is 0 Å². The molecule has 0 saturated carbocycles. The molecule has 0 bridgehead atoms. The van der Waals surface area contributed by atoms with Crippen molar-refractivity contribution >= 4 is 11.6 Å². The van der Waals surface area contributed by atoms with E-state index in [0.717, 1.165) is 18.7 Å². The van der Waals surface area contributed by atoms with Crippen molar-refractivity contribution in [2.45, 2.75) is 33.1 Å². The summed E-state index contributed by atoms with van der Waals surface area (Å²) < 4.78 is 0. The van der Waals surface area contributed by atoms with Crippen LogP contribution >= 0.6 is 0 Å². The van der Waals surface area contributed by atoms with Crippen LogP contribution in [0.2, 0.25) is 0 Å². The molecule has 0 saturated heterocycles. The van der Waals surface area contributed by atoms with E-state index in [1.165, 1.54) is 5.56 Å². The van der Waals surface area contributed by atoms with Crippen molar-refractivity contribution in [3.8, 4) is 0 Å². The van der Waals surface area contributed by atoms with Crippen LogP contribution in [0.5, 0.6) is 0 Å². The fraction of sp³-hybridized carbons (Fsp3) is 0.462. The number of nitrogens with one attached hydrogen (secondary N) is 1. The van der Waals surface area contributed by atoms with Gasteiger partial charge in [-0.3, -0.25) is 4.99 Å². The molecule has 1 aromatic carbocycles. The first kappa shape index (κ1) is 12.6. The molecule has 3 nitrogen and oxygen atoms in total. The fourth-order valence-electron chi connectivity index (χ4n) is 1.52. The average molecular weight is 219 g/mol. The Hall–Kier alpha value is -1.51. The molecule has 0 heterocycles. The maximum atomic E-state index is 5.80. The quantitative estimate of drug-likeness (QED) is 0.604. The number of nitrogens with zero attached hydrogens (tertiary/aromatic N) is 1. The Morgan fingerprint density at radius 3 is 2.69 bits per heavy atom. The van der Waals surface area contributed by atoms with Crippen LogP contribution in [0.1, 0.15) is 38.7 Å². The lowest BCUT2D eigenvalue weighted by atomic mass is 10.0. The molecule has 1 rings (SSSR count). The van der Waals surface area contributed by atoms with Crippen molar-refractivity contribution in [3.63, 3.8) is 0 Å². The minimum atomic E-state index is 0.475. The number of hydrogen-bond acceptors (Lipinski definition) is 1. The first-order valence-corrected chi connectivity index (χ1v) is 5.81. The van der Waals surface area contributed by atoms with Gasteiger partial charge in [-0.25, -0.2) is 0 Å². The minimum absolute atomic E-state index is 0.475. The van der Waals surface area contributed by atoms with E-state index < -0.39 is 0 Å². The zero-order valence-corrected chi connectivity index (χ0v) is 10.3. The van der Waals surface area contributed by atoms with E-state index in [9.17, 15) is 0 Å². The molecule has 0 aliphatic heterocycles. The highest BCUT2D eigenvalue weighted by Gasteiger charge is 2.05. The van der Waals surface area contributed by atoms with Crippen LogP contribution < -0.4 is 11.1 Å². The lowest BCUT2D eigenvalue weighted by Gasteiger charge is -2.13. The van der Waals surface area contributed by atoms with Crippen molar-refractivity contribution in [2.75, 3.05) is 11.9 Å². The zero-order chi connectivity index (χ0) is 12.0. The highest BCUT2D eigenvalue weighted by atomic mass is 15.1. The number of nitrogens with two attached hydrogens (primary N) is 1. The van der Waals surface area contributed by atoms with Crippen LogP contribution in [-0.2, 0) is 0 Å². The Balaban J connectivity index is 2.80. The predicted molar refractivity (Wildman–Crippen MR) is 70.9 cm³/mol. The first-order chi connectivity index (χ1) is 7.65. The van der Waals surface area contributed by atoms with Gasteiger partial charge in [-0.1, -0.05) is 39.0 Å². The molecule has 0 atom stereocenters. The zero-order valence-electron chi connectivity index (χ0n) is 10.3. The van der Waals surface area contributed by atoms with Gasteiger partial charge in [0.25, 0.3) is 0 Å². The van der Waals surface area contributed by atoms with Gasteiger partial charge >= 0.3 is 0 Å². The molecule has 0 amide bonds. The standard InChI is InChI=1S/C13H21N3/c1-4-9-15-13(14)16-12-8-6-5-7-11(12)10(2)3/h5-8,10H,4,9H2,1-3H3,(H3,14,15,16). The van der Waals surface area contributed by atoms with E-state index in [1.54, 1.807) is 0 Å². The SMILES string of the molecule is CCCN=C(N)Nc1ccccc1C(C)C. The van der Waals surface area contributed by atoms with E-state index in [2.05, 4.69) is 37.1 Å². The average Bonchev–Trinajstić information content (AvgIpc) is 2.27. The molecule has 3 N–H and O–H groups in total. The lowest BCUT2D eigenvalue weighted by Crippen LogP contribution is -2.23. The third-order valence-corrected chi connectivity index (χ3v) is 2.35. The summed E-state index contributed by atoms with van der Waals surface area (Å²) in [7, 11) is 0. The number of rotatable bonds is 4. The molecule has 0 radical (unpaired) electrons. The van der Waals surface area contributed by atoms with Crippen LogP contribution in [0.25, 0.3) is 0 Å². The highest BCUT2D eigenvalue weighted by molar-refractivity contribution is 5.93. The second kappa shape index (κ2) is 6.16. The number of anilines is 1. The van der Waals surface area contributed by atoms with Crippen LogP contribution in [-0.4, -0.2) is 12.5 Å². The topological polar surface area (TPSA) is 50.4 Å². The van der Waals surface area contributed by atoms with E-state index in [-0.39, 0.29) is 0 Å². The van der Waals surface area contributed by atoms with Gasteiger partial charge in [0, 0.05) is 12.2 Å². The molecule has 16 heavy (non-hydrogen) atoms. The second-order valence-electron chi connectivity index (χ2n) is 4.13. The Labute approximate surface area is 97.8 Å². The maximum Gasteiger partial charge on any atom is 0.193 e. The summed E-state index contributed by atoms with van der Waals surface area (Å²) in [5, 5.41) is 3.15. The van der Waals surface area contributed by atoms with Gasteiger partial charge in [0.05, 0.1) is 0 Å². The molecular formula is C13H21N3. The third kappa shape index (κ3) is 3.57. The van der Waals surface area contributed by atoms with Crippen LogP contribution in [0.15, 0.2) is 29.3 Å². The minimum Gasteiger partial charge on any atom is -0.370 e. The molecule has 88 valence electrons. The van der Waals surface area contributed by atoms with Gasteiger partial charge < -0.3 is 11.1 Å². The summed E-state index contributed by atoms with van der Waals surface area (Å²) in [4.78, 5) is 4.22. The first-order valence-electron chi connectivity index (χ1n) is 5.81. The molecule has 0 aliphatic carbocycles. The Bertz CT molecular complexity index is 356. The number of aliphatic imine (C=N–C) groups is 1. The summed E-state index contributed by atoms with van der Waals surface area (Å²) in [5.41, 5.74) is 8.11. The summed E-state index contributed by atoms with van der Waals surface area (Å²) in [6, 6.07) is 8.19. The molecule has 1 aromatic rings. The van der Waals surface area contributed by atoms with Crippen molar-refractivity contribution < 1.29 is 0 Å². The summed E-state index contributed by atoms with van der Waals surface area (Å²) in [5.74, 6) is 0.970. The Morgan fingerprint density at radius 2 is 2.06 bits per heavy atom. The van der Waals surface area contributed by atoms with Gasteiger partial charge in [0.15, 0.2) is 5.96 Å². The monoisotopic (exact) mass is 219 g/mol. The van der Waals surface area contributed by atoms with Crippen LogP contribution in [0, 0.1) is 0 Å². The van der Waals surface area contributed by atoms with E-state index in [4.69, 9.17) is 5.73 Å². The molecule has 0 aliphatic rings. The van der Waals surface area contributed by atoms with E-state index in [1.807, 2.05) is 18.2 Å². The molecule has 0 unspecified atom stereocenters. The van der Waals surface area contributed by atoms with Gasteiger partial charge in [-0.05, 0) is 24.0 Å². The van der Waals surface area contributed by atoms with Crippen molar-refractivity contribution in [1.29, 1.82) is 0 Å². The van der Waals surface area contributed by atoms with Crippen LogP contribution in [0.4, 0.5) is 5.69 Å². The smallest absolute Gasteiger partial charge is 0.193 e. The Morgan fingerprint density at radius 1 is 1.38 bits per heavy atom. The highest BCUT2D eigenvalue weighted by Crippen LogP contribution is 2.23. The summed E-state index contributed by atoms with van der Waals surface area (Å²) in [6.07, 6.45) is 1.01. The second-order valence-corrected chi connectivity index (χ2v) is 4.13. The lowest BCUT2D eigenvalue weighted by molar-refractivity contribution is 0.869. The molecule has 3 heteroatoms. The van der Waals surface area contributed by atoms with E-state index >= 15 is 0 Å². The number of hydrogen-bond donors (Lipinski definition) is 2. The fourth-order valence-corrected chi connectivity index (χ4v) is 1.52. The maximum absolute atomic E-state index is 5.80. The normalized spacial score (nSPS) is 11.9. The van der Waals surface area contributed by atoms with Crippen molar-refractivity contribution in [2.24, 2.45) is 10.7 Å². The number of para-hydroxylation sites is 1. The molecular weight excluding hydrogens is 198 g/mol. The predicted octanol–water partition coefficient (Wildman–Crippen LogP) is 2.95. The van der Waals surface area contributed by atoms with Crippen molar-refractivity contribution in [3.05, 3.63) is 29.8 Å². The largest absolute Gasteiger partial charge is 0.370 e. The molecule has 0 spiro atoms. The van der Waals surface area contributed by atoms with Gasteiger partial charge in [0.1, 0.15) is 0 Å². The van der Waals surface area contributed by atoms with Crippen LogP contribution in [0.3, 0.4) is 0 Å². The molecule has 0 fully saturated rings. The summed E-state index contributed by atoms with van der Waals surface area (Å²) in [6.45, 7) is 7.18. The Kier molecular flexibility index (Phi) is 4.83. The number of guanidine groups is 1. The van der Waals surface area contributed by atoms with Gasteiger partial charge in [-0.2, -0.15) is 0 Å². The van der Waals surface area contributed by atoms with E-state index in [0.29, 0.717) is 11.9 Å². The summed E-state index contributed by atoms with van der Waals surface area (Å²) >= 11 is 0. The molecule has 0 aromatic heterocycles. The number of benzene rings is 1. The van der Waals surface area contributed by atoms with Gasteiger partial charge in [-0.15, -0.1) is 0 Å². The third-order valence-electron chi connectivity index (χ3n) is 2.35.